The van der Waals surface area contributed by atoms with Crippen molar-refractivity contribution in [2.24, 2.45) is 5.92 Å². The van der Waals surface area contributed by atoms with E-state index in [0.717, 1.165) is 6.42 Å². The van der Waals surface area contributed by atoms with E-state index in [2.05, 4.69) is 0 Å². The Morgan fingerprint density at radius 3 is 2.70 bits per heavy atom. The van der Waals surface area contributed by atoms with E-state index in [1.807, 2.05) is 13.8 Å². The lowest BCUT2D eigenvalue weighted by Gasteiger charge is -2.13. The highest BCUT2D eigenvalue weighted by Crippen LogP contribution is 2.10. The number of hydrogen-bond acceptors (Lipinski definition) is 2. The molecule has 0 heterocycles. The van der Waals surface area contributed by atoms with Gasteiger partial charge in [0.05, 0.1) is 6.10 Å². The van der Waals surface area contributed by atoms with Crippen LogP contribution in [0.15, 0.2) is 6.08 Å². The number of carbonyl (C=O) groups excluding carboxylic acids is 1. The summed E-state index contributed by atoms with van der Waals surface area (Å²) in [6.45, 7) is 3.84. The second-order valence-corrected chi connectivity index (χ2v) is 2.51. The minimum absolute atomic E-state index is 0.173. The summed E-state index contributed by atoms with van der Waals surface area (Å²) in [5.74, 6) is 1.86. The molecule has 0 aromatic rings. The topological polar surface area (TPSA) is 37.3 Å². The van der Waals surface area contributed by atoms with Gasteiger partial charge in [0, 0.05) is 6.08 Å². The number of aliphatic hydroxyl groups excluding tert-OH is 1. The van der Waals surface area contributed by atoms with Crippen LogP contribution < -0.4 is 0 Å². The average Bonchev–Trinajstić information content (AvgIpc) is 1.98. The van der Waals surface area contributed by atoms with E-state index in [1.165, 1.54) is 6.08 Å². The van der Waals surface area contributed by atoms with Crippen molar-refractivity contribution in [3.05, 3.63) is 6.08 Å². The van der Waals surface area contributed by atoms with Crippen molar-refractivity contribution in [2.45, 2.75) is 32.8 Å². The lowest BCUT2D eigenvalue weighted by atomic mass is 9.99. The second kappa shape index (κ2) is 5.21. The third-order valence-corrected chi connectivity index (χ3v) is 1.65. The molecular formula is C8H14O2. The van der Waals surface area contributed by atoms with Crippen molar-refractivity contribution >= 4 is 5.94 Å². The molecule has 10 heavy (non-hydrogen) atoms. The molecule has 2 nitrogen and oxygen atoms in total. The van der Waals surface area contributed by atoms with Gasteiger partial charge in [-0.2, -0.15) is 0 Å². The summed E-state index contributed by atoms with van der Waals surface area (Å²) >= 11 is 0. The van der Waals surface area contributed by atoms with Crippen LogP contribution in [0, 0.1) is 5.92 Å². The number of rotatable bonds is 4. The van der Waals surface area contributed by atoms with Crippen LogP contribution in [0.4, 0.5) is 0 Å². The standard InChI is InChI=1S/C8H14O2/c1-3-8(10)7(2)5-4-6-9/h4,7-8,10H,3,5H2,1-2H3/t7-,8+/m0/s1. The van der Waals surface area contributed by atoms with E-state index in [-0.39, 0.29) is 12.0 Å². The molecule has 0 aromatic heterocycles. The van der Waals surface area contributed by atoms with Gasteiger partial charge in [-0.15, -0.1) is 0 Å². The lowest BCUT2D eigenvalue weighted by molar-refractivity contribution is 0.114. The van der Waals surface area contributed by atoms with Crippen molar-refractivity contribution in [3.8, 4) is 0 Å². The number of aliphatic hydroxyl groups is 1. The first-order valence-corrected chi connectivity index (χ1v) is 3.59. The van der Waals surface area contributed by atoms with E-state index in [4.69, 9.17) is 0 Å². The number of allylic oxidation sites excluding steroid dienone is 1. The molecule has 0 unspecified atom stereocenters. The molecule has 0 aromatic carbocycles. The van der Waals surface area contributed by atoms with Gasteiger partial charge >= 0.3 is 0 Å². The third kappa shape index (κ3) is 3.44. The summed E-state index contributed by atoms with van der Waals surface area (Å²) in [5, 5.41) is 9.20. The zero-order chi connectivity index (χ0) is 7.98. The SMILES string of the molecule is CC[C@@H](O)[C@@H](C)CC=C=O. The fourth-order valence-electron chi connectivity index (χ4n) is 0.793. The van der Waals surface area contributed by atoms with E-state index in [0.29, 0.717) is 6.42 Å². The Morgan fingerprint density at radius 2 is 2.30 bits per heavy atom. The molecule has 0 fully saturated rings. The molecule has 0 rings (SSSR count). The van der Waals surface area contributed by atoms with E-state index in [9.17, 15) is 9.90 Å². The molecule has 0 amide bonds. The predicted octanol–water partition coefficient (Wildman–Crippen LogP) is 1.17. The molecule has 0 saturated heterocycles. The summed E-state index contributed by atoms with van der Waals surface area (Å²) in [7, 11) is 0. The van der Waals surface area contributed by atoms with Gasteiger partial charge in [-0.25, -0.2) is 4.79 Å². The lowest BCUT2D eigenvalue weighted by Crippen LogP contribution is -2.15. The van der Waals surface area contributed by atoms with E-state index < -0.39 is 0 Å². The van der Waals surface area contributed by atoms with Crippen molar-refractivity contribution in [1.29, 1.82) is 0 Å². The van der Waals surface area contributed by atoms with Gasteiger partial charge < -0.3 is 5.11 Å². The molecule has 0 aliphatic heterocycles. The molecule has 58 valence electrons. The molecule has 0 spiro atoms. The van der Waals surface area contributed by atoms with E-state index >= 15 is 0 Å². The van der Waals surface area contributed by atoms with Crippen LogP contribution in [-0.2, 0) is 4.79 Å². The summed E-state index contributed by atoms with van der Waals surface area (Å²) in [6, 6.07) is 0. The highest BCUT2D eigenvalue weighted by molar-refractivity contribution is 5.44. The fourth-order valence-corrected chi connectivity index (χ4v) is 0.793. The summed E-state index contributed by atoms with van der Waals surface area (Å²) in [5.41, 5.74) is 0. The monoisotopic (exact) mass is 142 g/mol. The maximum atomic E-state index is 9.76. The largest absolute Gasteiger partial charge is 0.393 e. The molecular weight excluding hydrogens is 128 g/mol. The Kier molecular flexibility index (Phi) is 4.91. The van der Waals surface area contributed by atoms with Crippen LogP contribution >= 0.6 is 0 Å². The fraction of sp³-hybridized carbons (Fsp3) is 0.750. The molecule has 2 atom stereocenters. The van der Waals surface area contributed by atoms with Gasteiger partial charge in [-0.05, 0) is 18.8 Å². The average molecular weight is 142 g/mol. The normalized spacial score (nSPS) is 15.5. The zero-order valence-electron chi connectivity index (χ0n) is 6.50. The molecule has 0 saturated carbocycles. The van der Waals surface area contributed by atoms with Crippen LogP contribution in [0.5, 0.6) is 0 Å². The molecule has 1 N–H and O–H groups in total. The quantitative estimate of drug-likeness (QED) is 0.598. The Labute approximate surface area is 61.6 Å². The van der Waals surface area contributed by atoms with Crippen LogP contribution in [0.2, 0.25) is 0 Å². The van der Waals surface area contributed by atoms with Gasteiger partial charge in [0.15, 0.2) is 0 Å². The molecule has 0 bridgehead atoms. The molecule has 0 aliphatic carbocycles. The minimum Gasteiger partial charge on any atom is -0.393 e. The summed E-state index contributed by atoms with van der Waals surface area (Å²) < 4.78 is 0. The second-order valence-electron chi connectivity index (χ2n) is 2.51. The first kappa shape index (κ1) is 9.41. The van der Waals surface area contributed by atoms with Crippen LogP contribution in [0.1, 0.15) is 26.7 Å². The predicted molar refractivity (Wildman–Crippen MR) is 40.3 cm³/mol. The smallest absolute Gasteiger partial charge is 0.120 e. The van der Waals surface area contributed by atoms with Crippen molar-refractivity contribution in [2.75, 3.05) is 0 Å². The first-order valence-electron chi connectivity index (χ1n) is 3.59. The van der Waals surface area contributed by atoms with Crippen molar-refractivity contribution in [3.63, 3.8) is 0 Å². The van der Waals surface area contributed by atoms with Gasteiger partial charge in [0.1, 0.15) is 5.94 Å². The van der Waals surface area contributed by atoms with Gasteiger partial charge in [-0.3, -0.25) is 0 Å². The molecule has 0 radical (unpaired) electrons. The van der Waals surface area contributed by atoms with Crippen molar-refractivity contribution < 1.29 is 9.90 Å². The van der Waals surface area contributed by atoms with E-state index in [1.54, 1.807) is 5.94 Å². The highest BCUT2D eigenvalue weighted by atomic mass is 16.3. The first-order chi connectivity index (χ1) is 4.72. The summed E-state index contributed by atoms with van der Waals surface area (Å²) in [6.07, 6.45) is 2.50. The molecule has 0 aliphatic rings. The highest BCUT2D eigenvalue weighted by Gasteiger charge is 2.09. The maximum absolute atomic E-state index is 9.76. The minimum atomic E-state index is -0.287. The van der Waals surface area contributed by atoms with Gasteiger partial charge in [-0.1, -0.05) is 13.8 Å². The Hall–Kier alpha value is -0.590. The summed E-state index contributed by atoms with van der Waals surface area (Å²) in [4.78, 5) is 9.76. The van der Waals surface area contributed by atoms with Crippen LogP contribution in [0.25, 0.3) is 0 Å². The van der Waals surface area contributed by atoms with Crippen LogP contribution in [0.3, 0.4) is 0 Å². The Bertz CT molecular complexity index is 125. The van der Waals surface area contributed by atoms with Gasteiger partial charge in [0.25, 0.3) is 0 Å². The third-order valence-electron chi connectivity index (χ3n) is 1.65. The van der Waals surface area contributed by atoms with Crippen LogP contribution in [-0.4, -0.2) is 17.2 Å². The zero-order valence-corrected chi connectivity index (χ0v) is 6.50. The van der Waals surface area contributed by atoms with Gasteiger partial charge in [0.2, 0.25) is 0 Å². The van der Waals surface area contributed by atoms with Crippen molar-refractivity contribution in [1.82, 2.24) is 0 Å². The Balaban J connectivity index is 3.60. The maximum Gasteiger partial charge on any atom is 0.120 e. The number of hydrogen-bond donors (Lipinski definition) is 1. The Morgan fingerprint density at radius 1 is 1.70 bits per heavy atom. The molecule has 2 heteroatoms.